The maximum Gasteiger partial charge on any atom is 0.135 e. The van der Waals surface area contributed by atoms with Gasteiger partial charge in [-0.05, 0) is 99.1 Å². The fourth-order valence-electron chi connectivity index (χ4n) is 6.35. The Kier molecular flexibility index (Phi) is 5.27. The number of para-hydroxylation sites is 1. The zero-order chi connectivity index (χ0) is 42.0. The molecule has 0 fully saturated rings. The third-order valence-electron chi connectivity index (χ3n) is 8.88. The highest BCUT2D eigenvalue weighted by molar-refractivity contribution is 6.06. The number of benzene rings is 8. The van der Waals surface area contributed by atoms with Crippen molar-refractivity contribution in [2.24, 2.45) is 0 Å². The van der Waals surface area contributed by atoms with Crippen molar-refractivity contribution in [3.8, 4) is 44.5 Å². The van der Waals surface area contributed by atoms with Crippen LogP contribution in [0.4, 0.5) is 17.1 Å². The molecule has 50 heavy (non-hydrogen) atoms. The number of fused-ring (bicyclic) bond motifs is 3. The quantitative estimate of drug-likeness (QED) is 0.171. The molecule has 9 rings (SSSR count). The number of anilines is 3. The van der Waals surface area contributed by atoms with Crippen molar-refractivity contribution in [2.45, 2.75) is 0 Å². The minimum Gasteiger partial charge on any atom is -0.456 e. The molecule has 1 heterocycles. The maximum atomic E-state index is 8.49. The van der Waals surface area contributed by atoms with Crippen LogP contribution in [0.15, 0.2) is 204 Å². The van der Waals surface area contributed by atoms with E-state index in [-0.39, 0.29) is 35.3 Å². The molecule has 2 nitrogen and oxygen atoms in total. The molecule has 0 bridgehead atoms. The predicted octanol–water partition coefficient (Wildman–Crippen LogP) is 13.7. The molecular formula is C48H33NO. The van der Waals surface area contributed by atoms with E-state index >= 15 is 0 Å². The summed E-state index contributed by atoms with van der Waals surface area (Å²) in [5, 5.41) is 2.15. The second-order valence-corrected chi connectivity index (χ2v) is 11.9. The Balaban J connectivity index is 1.07. The molecule has 0 radical (unpaired) electrons. The summed E-state index contributed by atoms with van der Waals surface area (Å²) in [6.45, 7) is 0. The third-order valence-corrected chi connectivity index (χ3v) is 8.88. The Morgan fingerprint density at radius 1 is 0.340 bits per heavy atom. The van der Waals surface area contributed by atoms with Gasteiger partial charge in [0, 0.05) is 27.8 Å². The van der Waals surface area contributed by atoms with E-state index in [1.54, 1.807) is 24.3 Å². The van der Waals surface area contributed by atoms with E-state index in [0.717, 1.165) is 49.9 Å². The number of hydrogen-bond donors (Lipinski definition) is 0. The van der Waals surface area contributed by atoms with Gasteiger partial charge in [0.25, 0.3) is 0 Å². The van der Waals surface area contributed by atoms with Crippen LogP contribution in [0.1, 0.15) is 13.7 Å². The Labute approximate surface area is 306 Å². The van der Waals surface area contributed by atoms with Gasteiger partial charge in [-0.25, -0.2) is 0 Å². The van der Waals surface area contributed by atoms with Gasteiger partial charge in [0.05, 0.1) is 13.7 Å². The molecule has 2 heteroatoms. The van der Waals surface area contributed by atoms with Gasteiger partial charge < -0.3 is 9.32 Å². The van der Waals surface area contributed by atoms with Gasteiger partial charge in [0.1, 0.15) is 11.2 Å². The van der Waals surface area contributed by atoms with Gasteiger partial charge in [-0.15, -0.1) is 0 Å². The van der Waals surface area contributed by atoms with Crippen molar-refractivity contribution in [1.82, 2.24) is 0 Å². The Bertz CT molecular complexity index is 2950. The van der Waals surface area contributed by atoms with Crippen LogP contribution < -0.4 is 4.90 Å². The largest absolute Gasteiger partial charge is 0.456 e. The molecule has 236 valence electrons. The zero-order valence-corrected chi connectivity index (χ0v) is 26.6. The van der Waals surface area contributed by atoms with Gasteiger partial charge in [-0.1, -0.05) is 145 Å². The number of hydrogen-bond acceptors (Lipinski definition) is 2. The first kappa shape index (κ1) is 20.7. The molecule has 0 spiro atoms. The highest BCUT2D eigenvalue weighted by atomic mass is 16.3. The first-order chi connectivity index (χ1) is 28.9. The van der Waals surface area contributed by atoms with E-state index in [1.807, 2.05) is 77.7 Å². The number of furan rings is 1. The Morgan fingerprint density at radius 2 is 0.720 bits per heavy atom. The average molecular weight is 650 g/mol. The standard InChI is InChI=1S/C48H33NO/c1-3-9-34(10-4-1)37-19-26-42(27-20-37)49(43-28-21-38(22-29-43)35-11-5-2-6-12-35)44-30-23-39(24-31-44)36-15-17-40(18-16-36)41-25-32-48-46(33-41)45-13-7-8-14-47(45)50-48/h1-33H/i1D,2D,3D,4D,5D,6D,9D,10D,11D,12D. The molecule has 0 amide bonds. The van der Waals surface area contributed by atoms with Crippen molar-refractivity contribution in [1.29, 1.82) is 0 Å². The van der Waals surface area contributed by atoms with Crippen molar-refractivity contribution in [3.05, 3.63) is 200 Å². The number of rotatable bonds is 7. The predicted molar refractivity (Wildman–Crippen MR) is 210 cm³/mol. The van der Waals surface area contributed by atoms with E-state index in [4.69, 9.17) is 18.1 Å². The van der Waals surface area contributed by atoms with Gasteiger partial charge in [-0.3, -0.25) is 0 Å². The molecule has 0 unspecified atom stereocenters. The molecule has 0 aliphatic heterocycles. The van der Waals surface area contributed by atoms with Crippen molar-refractivity contribution >= 4 is 39.0 Å². The lowest BCUT2D eigenvalue weighted by atomic mass is 9.98. The maximum absolute atomic E-state index is 8.49. The van der Waals surface area contributed by atoms with Gasteiger partial charge in [0.15, 0.2) is 0 Å². The molecule has 0 N–H and O–H groups in total. The molecule has 0 saturated carbocycles. The topological polar surface area (TPSA) is 16.4 Å². The van der Waals surface area contributed by atoms with Crippen molar-refractivity contribution in [3.63, 3.8) is 0 Å². The van der Waals surface area contributed by atoms with Crippen LogP contribution in [-0.2, 0) is 0 Å². The summed E-state index contributed by atoms with van der Waals surface area (Å²) in [5.74, 6) is 0. The normalized spacial score (nSPS) is 14.0. The lowest BCUT2D eigenvalue weighted by molar-refractivity contribution is 0.669. The smallest absolute Gasteiger partial charge is 0.135 e. The second kappa shape index (κ2) is 12.8. The summed E-state index contributed by atoms with van der Waals surface area (Å²) >= 11 is 0. The SMILES string of the molecule is [2H]c1c([2H])c([2H])c(-c2ccc(N(c3ccc(-c4ccc(-c5ccc6oc7ccccc7c6c5)cc4)cc3)c3ccc(-c4c([2H])c([2H])c([2H])c([2H])c4[2H])cc3)cc2)c([2H])c1[2H]. The van der Waals surface area contributed by atoms with Crippen LogP contribution in [0, 0.1) is 0 Å². The summed E-state index contributed by atoms with van der Waals surface area (Å²) < 4.78 is 88.6. The molecule has 1 aromatic heterocycles. The molecule has 0 saturated heterocycles. The first-order valence-corrected chi connectivity index (χ1v) is 16.2. The van der Waals surface area contributed by atoms with Gasteiger partial charge >= 0.3 is 0 Å². The molecule has 0 aliphatic carbocycles. The van der Waals surface area contributed by atoms with E-state index in [1.165, 1.54) is 0 Å². The van der Waals surface area contributed by atoms with Crippen LogP contribution in [-0.4, -0.2) is 0 Å². The van der Waals surface area contributed by atoms with Crippen LogP contribution in [0.5, 0.6) is 0 Å². The lowest BCUT2D eigenvalue weighted by Gasteiger charge is -2.26. The van der Waals surface area contributed by atoms with Crippen LogP contribution in [0.2, 0.25) is 0 Å². The molecule has 0 aliphatic rings. The number of nitrogens with zero attached hydrogens (tertiary/aromatic N) is 1. The Morgan fingerprint density at radius 3 is 1.22 bits per heavy atom. The van der Waals surface area contributed by atoms with Crippen LogP contribution >= 0.6 is 0 Å². The summed E-state index contributed by atoms with van der Waals surface area (Å²) in [5.41, 5.74) is 9.23. The van der Waals surface area contributed by atoms with E-state index in [2.05, 4.69) is 42.5 Å². The van der Waals surface area contributed by atoms with E-state index in [9.17, 15) is 0 Å². The fraction of sp³-hybridized carbons (Fsp3) is 0. The third kappa shape index (κ3) is 5.63. The minimum absolute atomic E-state index is 0.105. The monoisotopic (exact) mass is 649 g/mol. The highest BCUT2D eigenvalue weighted by Crippen LogP contribution is 2.38. The summed E-state index contributed by atoms with van der Waals surface area (Å²) in [6, 6.07) is 41.2. The highest BCUT2D eigenvalue weighted by Gasteiger charge is 2.14. The minimum atomic E-state index is -0.455. The summed E-state index contributed by atoms with van der Waals surface area (Å²) in [6.07, 6.45) is 0. The molecule has 8 aromatic carbocycles. The Hall–Kier alpha value is -6.64. The van der Waals surface area contributed by atoms with Crippen LogP contribution in [0.3, 0.4) is 0 Å². The summed E-state index contributed by atoms with van der Waals surface area (Å²) in [4.78, 5) is 1.99. The molecule has 0 atom stereocenters. The van der Waals surface area contributed by atoms with Gasteiger partial charge in [0.2, 0.25) is 0 Å². The zero-order valence-electron chi connectivity index (χ0n) is 36.6. The second-order valence-electron chi connectivity index (χ2n) is 11.9. The van der Waals surface area contributed by atoms with E-state index < -0.39 is 36.3 Å². The fourth-order valence-corrected chi connectivity index (χ4v) is 6.35. The average Bonchev–Trinajstić information content (AvgIpc) is 3.66. The van der Waals surface area contributed by atoms with Crippen molar-refractivity contribution < 1.29 is 18.1 Å². The van der Waals surface area contributed by atoms with E-state index in [0.29, 0.717) is 22.5 Å². The summed E-state index contributed by atoms with van der Waals surface area (Å²) in [7, 11) is 0. The molecular weight excluding hydrogens is 607 g/mol. The van der Waals surface area contributed by atoms with Crippen molar-refractivity contribution in [2.75, 3.05) is 4.90 Å². The lowest BCUT2D eigenvalue weighted by Crippen LogP contribution is -2.09. The molecule has 9 aromatic rings. The van der Waals surface area contributed by atoms with Gasteiger partial charge in [-0.2, -0.15) is 0 Å². The first-order valence-electron chi connectivity index (χ1n) is 21.2. The van der Waals surface area contributed by atoms with Crippen LogP contribution in [0.25, 0.3) is 66.4 Å².